The number of benzene rings is 1. The lowest BCUT2D eigenvalue weighted by molar-refractivity contribution is 0.0695. The van der Waals surface area contributed by atoms with Gasteiger partial charge in [-0.15, -0.1) is 11.3 Å². The van der Waals surface area contributed by atoms with Crippen LogP contribution in [0.2, 0.25) is 0 Å². The van der Waals surface area contributed by atoms with Crippen molar-refractivity contribution in [1.29, 1.82) is 0 Å². The summed E-state index contributed by atoms with van der Waals surface area (Å²) in [7, 11) is 0. The van der Waals surface area contributed by atoms with Gasteiger partial charge in [0.2, 0.25) is 5.95 Å². The van der Waals surface area contributed by atoms with Crippen LogP contribution in [0.15, 0.2) is 48.4 Å². The second kappa shape index (κ2) is 8.78. The largest absolute Gasteiger partial charge is 0.337 e. The van der Waals surface area contributed by atoms with E-state index in [1.807, 2.05) is 22.5 Å². The molecule has 4 aromatic rings. The minimum absolute atomic E-state index is 0.0610. The minimum Gasteiger partial charge on any atom is -0.337 e. The van der Waals surface area contributed by atoms with Crippen molar-refractivity contribution in [3.63, 3.8) is 0 Å². The Balaban J connectivity index is 1.42. The highest BCUT2D eigenvalue weighted by Gasteiger charge is 2.30. The number of aryl methyl sites for hydroxylation is 2. The Kier molecular flexibility index (Phi) is 5.70. The third kappa shape index (κ3) is 3.68. The van der Waals surface area contributed by atoms with Gasteiger partial charge in [0.15, 0.2) is 0 Å². The molecule has 0 radical (unpaired) electrons. The van der Waals surface area contributed by atoms with Crippen LogP contribution in [-0.2, 0) is 13.0 Å². The number of nitrogens with one attached hydrogen (secondary N) is 1. The van der Waals surface area contributed by atoms with Gasteiger partial charge in [0.25, 0.3) is 5.91 Å². The molecule has 1 aliphatic heterocycles. The molecule has 1 saturated heterocycles. The number of hydrogen-bond acceptors (Lipinski definition) is 5. The maximum Gasteiger partial charge on any atom is 0.272 e. The van der Waals surface area contributed by atoms with Crippen molar-refractivity contribution >= 4 is 33.7 Å². The second-order valence-electron chi connectivity index (χ2n) is 8.19. The SMILES string of the molecule is CCc1ccccc1Nc1nc([C@@H]2CCCN(C(=O)c3cncn3CC)C2)c2sccn12. The summed E-state index contributed by atoms with van der Waals surface area (Å²) in [6, 6.07) is 8.36. The summed E-state index contributed by atoms with van der Waals surface area (Å²) in [6.07, 6.45) is 8.44. The van der Waals surface area contributed by atoms with Gasteiger partial charge in [-0.05, 0) is 37.8 Å². The predicted molar refractivity (Wildman–Crippen MR) is 128 cm³/mol. The number of anilines is 2. The van der Waals surface area contributed by atoms with Crippen LogP contribution in [0.5, 0.6) is 0 Å². The van der Waals surface area contributed by atoms with Crippen molar-refractivity contribution in [2.24, 2.45) is 0 Å². The Hall–Kier alpha value is -3.13. The summed E-state index contributed by atoms with van der Waals surface area (Å²) in [5.74, 6) is 1.12. The molecule has 1 fully saturated rings. The van der Waals surface area contributed by atoms with Gasteiger partial charge in [-0.25, -0.2) is 9.97 Å². The zero-order chi connectivity index (χ0) is 22.1. The Morgan fingerprint density at radius 1 is 1.28 bits per heavy atom. The van der Waals surface area contributed by atoms with Gasteiger partial charge in [-0.2, -0.15) is 0 Å². The standard InChI is InChI=1S/C24H28N6OS/c1-3-17-8-5-6-10-19(17)26-24-27-21(23-30(24)12-13-32-23)18-9-7-11-29(15-18)22(31)20-14-25-16-28(20)4-2/h5-6,8,10,12-14,16,18H,3-4,7,9,11,15H2,1-2H3,(H,26,27)/t18-/m1/s1. The summed E-state index contributed by atoms with van der Waals surface area (Å²) in [6.45, 7) is 6.39. The highest BCUT2D eigenvalue weighted by molar-refractivity contribution is 7.15. The van der Waals surface area contributed by atoms with Gasteiger partial charge in [0.1, 0.15) is 10.5 Å². The maximum absolute atomic E-state index is 13.2. The number of imidazole rings is 2. The number of piperidine rings is 1. The third-order valence-electron chi connectivity index (χ3n) is 6.29. The molecule has 1 N–H and O–H groups in total. The van der Waals surface area contributed by atoms with Crippen molar-refractivity contribution in [2.75, 3.05) is 18.4 Å². The van der Waals surface area contributed by atoms with Crippen LogP contribution in [0.25, 0.3) is 4.83 Å². The fourth-order valence-corrected chi connectivity index (χ4v) is 5.47. The number of nitrogens with zero attached hydrogens (tertiary/aromatic N) is 5. The molecule has 1 aromatic carbocycles. The molecule has 8 heteroatoms. The summed E-state index contributed by atoms with van der Waals surface area (Å²) < 4.78 is 4.05. The number of aromatic nitrogens is 4. The van der Waals surface area contributed by atoms with Gasteiger partial charge < -0.3 is 14.8 Å². The number of rotatable bonds is 6. The molecule has 0 spiro atoms. The van der Waals surface area contributed by atoms with Crippen LogP contribution in [0.3, 0.4) is 0 Å². The first kappa shape index (κ1) is 20.8. The second-order valence-corrected chi connectivity index (χ2v) is 9.08. The molecule has 4 heterocycles. The van der Waals surface area contributed by atoms with E-state index in [-0.39, 0.29) is 11.8 Å². The van der Waals surface area contributed by atoms with Crippen molar-refractivity contribution in [3.8, 4) is 0 Å². The van der Waals surface area contributed by atoms with E-state index < -0.39 is 0 Å². The summed E-state index contributed by atoms with van der Waals surface area (Å²) in [5.41, 5.74) is 4.10. The number of para-hydroxylation sites is 1. The molecule has 0 bridgehead atoms. The fraction of sp³-hybridized carbons (Fsp3) is 0.375. The number of amides is 1. The lowest BCUT2D eigenvalue weighted by Gasteiger charge is -2.32. The van der Waals surface area contributed by atoms with Crippen LogP contribution in [0.4, 0.5) is 11.6 Å². The van der Waals surface area contributed by atoms with Crippen LogP contribution in [-0.4, -0.2) is 42.8 Å². The smallest absolute Gasteiger partial charge is 0.272 e. The number of carbonyl (C=O) groups excluding carboxylic acids is 1. The number of carbonyl (C=O) groups is 1. The number of fused-ring (bicyclic) bond motifs is 1. The van der Waals surface area contributed by atoms with Crippen LogP contribution in [0, 0.1) is 0 Å². The summed E-state index contributed by atoms with van der Waals surface area (Å²) in [4.78, 5) is 25.5. The Morgan fingerprint density at radius 3 is 3.00 bits per heavy atom. The summed E-state index contributed by atoms with van der Waals surface area (Å²) >= 11 is 1.71. The normalized spacial score (nSPS) is 16.6. The molecule has 0 saturated carbocycles. The zero-order valence-electron chi connectivity index (χ0n) is 18.5. The van der Waals surface area contributed by atoms with Crippen molar-refractivity contribution < 1.29 is 4.79 Å². The lowest BCUT2D eigenvalue weighted by Crippen LogP contribution is -2.40. The van der Waals surface area contributed by atoms with Gasteiger partial charge in [-0.3, -0.25) is 9.20 Å². The van der Waals surface area contributed by atoms with E-state index >= 15 is 0 Å². The average Bonchev–Trinajstić information content (AvgIpc) is 3.57. The molecule has 0 aliphatic carbocycles. The highest BCUT2D eigenvalue weighted by atomic mass is 32.1. The molecule has 5 rings (SSSR count). The van der Waals surface area contributed by atoms with E-state index in [0.717, 1.165) is 54.5 Å². The zero-order valence-corrected chi connectivity index (χ0v) is 19.3. The maximum atomic E-state index is 13.2. The highest BCUT2D eigenvalue weighted by Crippen LogP contribution is 2.35. The van der Waals surface area contributed by atoms with E-state index in [4.69, 9.17) is 4.98 Å². The van der Waals surface area contributed by atoms with Crippen molar-refractivity contribution in [1.82, 2.24) is 23.8 Å². The van der Waals surface area contributed by atoms with Gasteiger partial charge in [-0.1, -0.05) is 25.1 Å². The third-order valence-corrected chi connectivity index (χ3v) is 7.18. The van der Waals surface area contributed by atoms with E-state index in [0.29, 0.717) is 12.2 Å². The molecular formula is C24H28N6OS. The Bertz CT molecular complexity index is 1240. The van der Waals surface area contributed by atoms with E-state index in [2.05, 4.69) is 51.4 Å². The number of likely N-dealkylation sites (tertiary alicyclic amines) is 1. The number of thiazole rings is 1. The van der Waals surface area contributed by atoms with E-state index in [9.17, 15) is 4.79 Å². The predicted octanol–water partition coefficient (Wildman–Crippen LogP) is 4.94. The molecule has 7 nitrogen and oxygen atoms in total. The fourth-order valence-electron chi connectivity index (χ4n) is 4.57. The quantitative estimate of drug-likeness (QED) is 0.454. The first-order chi connectivity index (χ1) is 15.7. The molecule has 3 aromatic heterocycles. The molecule has 32 heavy (non-hydrogen) atoms. The minimum atomic E-state index is 0.0610. The lowest BCUT2D eigenvalue weighted by atomic mass is 9.95. The molecule has 0 unspecified atom stereocenters. The van der Waals surface area contributed by atoms with Crippen LogP contribution >= 0.6 is 11.3 Å². The monoisotopic (exact) mass is 448 g/mol. The molecule has 1 atom stereocenters. The van der Waals surface area contributed by atoms with Gasteiger partial charge in [0.05, 0.1) is 18.2 Å². The first-order valence-electron chi connectivity index (χ1n) is 11.3. The van der Waals surface area contributed by atoms with E-state index in [1.54, 1.807) is 23.9 Å². The van der Waals surface area contributed by atoms with Gasteiger partial charge in [0, 0.05) is 42.8 Å². The van der Waals surface area contributed by atoms with Gasteiger partial charge >= 0.3 is 0 Å². The first-order valence-corrected chi connectivity index (χ1v) is 12.2. The topological polar surface area (TPSA) is 67.5 Å². The van der Waals surface area contributed by atoms with Crippen LogP contribution in [0.1, 0.15) is 54.4 Å². The average molecular weight is 449 g/mol. The molecule has 1 amide bonds. The van der Waals surface area contributed by atoms with E-state index in [1.165, 1.54) is 5.56 Å². The van der Waals surface area contributed by atoms with Crippen molar-refractivity contribution in [2.45, 2.75) is 45.6 Å². The Morgan fingerprint density at radius 2 is 2.16 bits per heavy atom. The summed E-state index contributed by atoms with van der Waals surface area (Å²) in [5, 5.41) is 5.65. The molecular weight excluding hydrogens is 420 g/mol. The molecule has 166 valence electrons. The molecule has 1 aliphatic rings. The van der Waals surface area contributed by atoms with Crippen LogP contribution < -0.4 is 5.32 Å². The van der Waals surface area contributed by atoms with Crippen molar-refractivity contribution in [3.05, 3.63) is 65.3 Å². The number of hydrogen-bond donors (Lipinski definition) is 1. The Labute approximate surface area is 191 Å².